The predicted octanol–water partition coefficient (Wildman–Crippen LogP) is 0.300. The Labute approximate surface area is 60.7 Å². The van der Waals surface area contributed by atoms with Crippen molar-refractivity contribution in [3.63, 3.8) is 0 Å². The molecule has 1 rings (SSSR count). The van der Waals surface area contributed by atoms with E-state index in [4.69, 9.17) is 4.74 Å². The van der Waals surface area contributed by atoms with Crippen LogP contribution in [0.5, 0.6) is 0 Å². The Balaban J connectivity index is 2.15. The molecular weight excluding hydrogens is 130 g/mol. The summed E-state index contributed by atoms with van der Waals surface area (Å²) in [5.74, 6) is 0. The fourth-order valence-electron chi connectivity index (χ4n) is 1.16. The van der Waals surface area contributed by atoms with Gasteiger partial charge >= 0.3 is 0 Å². The first-order valence-electron chi connectivity index (χ1n) is 3.69. The molecule has 1 aliphatic rings. The molecule has 1 amide bonds. The zero-order chi connectivity index (χ0) is 7.40. The molecule has 58 valence electrons. The SMILES string of the molecule is CCOC1CCC1NC=O. The van der Waals surface area contributed by atoms with Crippen LogP contribution >= 0.6 is 0 Å². The minimum atomic E-state index is 0.273. The second kappa shape index (κ2) is 3.56. The Hall–Kier alpha value is -0.570. The highest BCUT2D eigenvalue weighted by atomic mass is 16.5. The number of hydrogen-bond donors (Lipinski definition) is 1. The smallest absolute Gasteiger partial charge is 0.207 e. The third-order valence-electron chi connectivity index (χ3n) is 1.87. The average Bonchev–Trinajstić information content (AvgIpc) is 1.93. The number of nitrogens with one attached hydrogen (secondary N) is 1. The van der Waals surface area contributed by atoms with Crippen LogP contribution in [0.1, 0.15) is 19.8 Å². The second-order valence-electron chi connectivity index (χ2n) is 2.46. The van der Waals surface area contributed by atoms with E-state index >= 15 is 0 Å². The number of amides is 1. The Morgan fingerprint density at radius 2 is 2.50 bits per heavy atom. The summed E-state index contributed by atoms with van der Waals surface area (Å²) >= 11 is 0. The number of ether oxygens (including phenoxy) is 1. The lowest BCUT2D eigenvalue weighted by Gasteiger charge is -2.35. The zero-order valence-electron chi connectivity index (χ0n) is 6.17. The molecule has 2 unspecified atom stereocenters. The van der Waals surface area contributed by atoms with Gasteiger partial charge in [-0.1, -0.05) is 0 Å². The normalized spacial score (nSPS) is 30.9. The van der Waals surface area contributed by atoms with Crippen LogP contribution in [-0.4, -0.2) is 25.2 Å². The first-order chi connectivity index (χ1) is 4.88. The van der Waals surface area contributed by atoms with Crippen LogP contribution in [0, 0.1) is 0 Å². The van der Waals surface area contributed by atoms with Gasteiger partial charge in [0.15, 0.2) is 0 Å². The molecule has 10 heavy (non-hydrogen) atoms. The lowest BCUT2D eigenvalue weighted by Crippen LogP contribution is -2.48. The van der Waals surface area contributed by atoms with E-state index in [9.17, 15) is 4.79 Å². The summed E-state index contributed by atoms with van der Waals surface area (Å²) in [7, 11) is 0. The van der Waals surface area contributed by atoms with Crippen LogP contribution in [0.2, 0.25) is 0 Å². The molecule has 1 aliphatic carbocycles. The van der Waals surface area contributed by atoms with Crippen molar-refractivity contribution in [1.82, 2.24) is 5.32 Å². The number of carbonyl (C=O) groups excluding carboxylic acids is 1. The molecule has 0 bridgehead atoms. The van der Waals surface area contributed by atoms with E-state index in [0.29, 0.717) is 0 Å². The molecule has 3 nitrogen and oxygen atoms in total. The molecular formula is C7H13NO2. The van der Waals surface area contributed by atoms with E-state index in [1.807, 2.05) is 6.92 Å². The summed E-state index contributed by atoms with van der Waals surface area (Å²) in [6.07, 6.45) is 3.16. The molecule has 0 aromatic heterocycles. The molecule has 0 saturated heterocycles. The lowest BCUT2D eigenvalue weighted by atomic mass is 9.89. The highest BCUT2D eigenvalue weighted by molar-refractivity contribution is 5.47. The van der Waals surface area contributed by atoms with Gasteiger partial charge in [0.2, 0.25) is 6.41 Å². The fourth-order valence-corrected chi connectivity index (χ4v) is 1.16. The molecule has 2 atom stereocenters. The van der Waals surface area contributed by atoms with Crippen LogP contribution in [0.15, 0.2) is 0 Å². The van der Waals surface area contributed by atoms with Gasteiger partial charge in [0.25, 0.3) is 0 Å². The van der Waals surface area contributed by atoms with Gasteiger partial charge in [-0.15, -0.1) is 0 Å². The van der Waals surface area contributed by atoms with E-state index in [1.54, 1.807) is 0 Å². The second-order valence-corrected chi connectivity index (χ2v) is 2.46. The molecule has 0 radical (unpaired) electrons. The summed E-state index contributed by atoms with van der Waals surface area (Å²) in [6, 6.07) is 0.275. The van der Waals surface area contributed by atoms with E-state index < -0.39 is 0 Å². The monoisotopic (exact) mass is 143 g/mol. The molecule has 0 aromatic rings. The number of hydrogen-bond acceptors (Lipinski definition) is 2. The van der Waals surface area contributed by atoms with E-state index in [0.717, 1.165) is 25.9 Å². The maximum atomic E-state index is 9.99. The third-order valence-corrected chi connectivity index (χ3v) is 1.87. The third kappa shape index (κ3) is 1.48. The molecule has 1 N–H and O–H groups in total. The summed E-state index contributed by atoms with van der Waals surface area (Å²) in [4.78, 5) is 9.99. The van der Waals surface area contributed by atoms with E-state index in [2.05, 4.69) is 5.32 Å². The van der Waals surface area contributed by atoms with E-state index in [-0.39, 0.29) is 12.1 Å². The van der Waals surface area contributed by atoms with Crippen molar-refractivity contribution in [3.05, 3.63) is 0 Å². The van der Waals surface area contributed by atoms with Crippen molar-refractivity contribution in [2.45, 2.75) is 31.9 Å². The van der Waals surface area contributed by atoms with Crippen molar-refractivity contribution in [1.29, 1.82) is 0 Å². The average molecular weight is 143 g/mol. The lowest BCUT2D eigenvalue weighted by molar-refractivity contribution is -0.113. The minimum Gasteiger partial charge on any atom is -0.376 e. The highest BCUT2D eigenvalue weighted by Gasteiger charge is 2.30. The van der Waals surface area contributed by atoms with Crippen LogP contribution < -0.4 is 5.32 Å². The Kier molecular flexibility index (Phi) is 2.68. The summed E-state index contributed by atoms with van der Waals surface area (Å²) in [6.45, 7) is 2.71. The summed E-state index contributed by atoms with van der Waals surface area (Å²) in [5.41, 5.74) is 0. The van der Waals surface area contributed by atoms with Gasteiger partial charge in [0, 0.05) is 6.61 Å². The van der Waals surface area contributed by atoms with Crippen LogP contribution in [-0.2, 0) is 9.53 Å². The predicted molar refractivity (Wildman–Crippen MR) is 37.6 cm³/mol. The summed E-state index contributed by atoms with van der Waals surface area (Å²) in [5, 5.41) is 2.71. The Morgan fingerprint density at radius 3 is 2.90 bits per heavy atom. The maximum absolute atomic E-state index is 9.99. The standard InChI is InChI=1S/C7H13NO2/c1-2-10-7-4-3-6(7)8-5-9/h5-7H,2-4H2,1H3,(H,8,9). The van der Waals surface area contributed by atoms with Crippen molar-refractivity contribution < 1.29 is 9.53 Å². The zero-order valence-corrected chi connectivity index (χ0v) is 6.17. The van der Waals surface area contributed by atoms with Crippen molar-refractivity contribution >= 4 is 6.41 Å². The molecule has 0 aliphatic heterocycles. The summed E-state index contributed by atoms with van der Waals surface area (Å²) < 4.78 is 5.32. The molecule has 1 saturated carbocycles. The van der Waals surface area contributed by atoms with Gasteiger partial charge in [-0.2, -0.15) is 0 Å². The topological polar surface area (TPSA) is 38.3 Å². The molecule has 0 aromatic carbocycles. The molecule has 1 fully saturated rings. The van der Waals surface area contributed by atoms with Gasteiger partial charge < -0.3 is 10.1 Å². The number of carbonyl (C=O) groups is 1. The molecule has 0 heterocycles. The van der Waals surface area contributed by atoms with E-state index in [1.165, 1.54) is 0 Å². The number of rotatable bonds is 4. The molecule has 0 spiro atoms. The Bertz CT molecular complexity index is 116. The minimum absolute atomic E-state index is 0.273. The van der Waals surface area contributed by atoms with Crippen LogP contribution in [0.3, 0.4) is 0 Å². The first kappa shape index (κ1) is 7.54. The highest BCUT2D eigenvalue weighted by Crippen LogP contribution is 2.22. The van der Waals surface area contributed by atoms with Gasteiger partial charge in [0.1, 0.15) is 0 Å². The van der Waals surface area contributed by atoms with Gasteiger partial charge in [0.05, 0.1) is 12.1 Å². The van der Waals surface area contributed by atoms with Gasteiger partial charge in [-0.05, 0) is 19.8 Å². The van der Waals surface area contributed by atoms with Crippen molar-refractivity contribution in [2.75, 3.05) is 6.61 Å². The largest absolute Gasteiger partial charge is 0.376 e. The maximum Gasteiger partial charge on any atom is 0.207 e. The Morgan fingerprint density at radius 1 is 1.70 bits per heavy atom. The molecule has 3 heteroatoms. The van der Waals surface area contributed by atoms with Gasteiger partial charge in [-0.3, -0.25) is 4.79 Å². The first-order valence-corrected chi connectivity index (χ1v) is 3.69. The fraction of sp³-hybridized carbons (Fsp3) is 0.857. The quantitative estimate of drug-likeness (QED) is 0.575. The van der Waals surface area contributed by atoms with Crippen molar-refractivity contribution in [2.24, 2.45) is 0 Å². The van der Waals surface area contributed by atoms with Crippen LogP contribution in [0.4, 0.5) is 0 Å². The van der Waals surface area contributed by atoms with Gasteiger partial charge in [-0.25, -0.2) is 0 Å². The van der Waals surface area contributed by atoms with Crippen molar-refractivity contribution in [3.8, 4) is 0 Å². The van der Waals surface area contributed by atoms with Crippen LogP contribution in [0.25, 0.3) is 0 Å².